The van der Waals surface area contributed by atoms with Gasteiger partial charge in [0.1, 0.15) is 13.8 Å². The Hall–Kier alpha value is -3.58. The van der Waals surface area contributed by atoms with Gasteiger partial charge in [-0.3, -0.25) is 4.79 Å². The average molecular weight is 845 g/mol. The first kappa shape index (κ1) is 37.2. The van der Waals surface area contributed by atoms with Crippen molar-refractivity contribution in [3.8, 4) is 22.4 Å². The van der Waals surface area contributed by atoms with Crippen molar-refractivity contribution >= 4 is 45.8 Å². The summed E-state index contributed by atoms with van der Waals surface area (Å²) < 4.78 is 40.4. The number of halogens is 3. The minimum absolute atomic E-state index is 0. The molecule has 0 amide bonds. The minimum Gasteiger partial charge on any atom is -0.512 e. The average Bonchev–Trinajstić information content (AvgIpc) is 3.21. The van der Waals surface area contributed by atoms with Crippen LogP contribution in [0.15, 0.2) is 84.8 Å². The largest absolute Gasteiger partial charge is 0.512 e. The number of hydrogen-bond acceptors (Lipinski definition) is 3. The number of carbonyl (C=O) groups is 1. The molecule has 0 unspecified atom stereocenters. The van der Waals surface area contributed by atoms with Gasteiger partial charge < -0.3 is 10.1 Å². The SMILES string of the molecule is CC(C)(C)C(=O)/C=C(\O)C(C)(C)C.Cc1cc[c-]c(-c2nccc3c2ccc2c4c(ccc23)-c2ccc(C(F)(F)F)cc2[Si]4(C)C)c1.[Ir]. The molecule has 3 nitrogen and oxygen atoms in total. The van der Waals surface area contributed by atoms with Crippen molar-refractivity contribution in [2.24, 2.45) is 10.8 Å². The molecule has 48 heavy (non-hydrogen) atoms. The van der Waals surface area contributed by atoms with E-state index in [1.54, 1.807) is 6.07 Å². The van der Waals surface area contributed by atoms with Gasteiger partial charge >= 0.3 is 6.18 Å². The van der Waals surface area contributed by atoms with E-state index in [1.165, 1.54) is 23.4 Å². The first-order chi connectivity index (χ1) is 21.7. The maximum absolute atomic E-state index is 13.5. The zero-order valence-electron chi connectivity index (χ0n) is 28.8. The van der Waals surface area contributed by atoms with Crippen molar-refractivity contribution in [3.05, 3.63) is 102 Å². The monoisotopic (exact) mass is 845 g/mol. The van der Waals surface area contributed by atoms with Crippen molar-refractivity contribution < 1.29 is 43.2 Å². The number of pyridine rings is 1. The van der Waals surface area contributed by atoms with E-state index in [4.69, 9.17) is 0 Å². The van der Waals surface area contributed by atoms with Gasteiger partial charge in [-0.15, -0.1) is 35.4 Å². The normalized spacial score (nSPS) is 14.1. The Labute approximate surface area is 295 Å². The van der Waals surface area contributed by atoms with Crippen molar-refractivity contribution in [2.45, 2.75) is 67.7 Å². The molecule has 0 atom stereocenters. The quantitative estimate of drug-likeness (QED) is 0.0633. The van der Waals surface area contributed by atoms with Crippen LogP contribution in [0.5, 0.6) is 0 Å². The number of aliphatic hydroxyl groups is 1. The number of aliphatic hydroxyl groups excluding tert-OH is 1. The summed E-state index contributed by atoms with van der Waals surface area (Å²) in [7, 11) is -2.35. The summed E-state index contributed by atoms with van der Waals surface area (Å²) in [6.45, 7) is 17.5. The van der Waals surface area contributed by atoms with Gasteiger partial charge in [0.2, 0.25) is 0 Å². The Morgan fingerprint density at radius 3 is 2.02 bits per heavy atom. The van der Waals surface area contributed by atoms with Gasteiger partial charge in [-0.1, -0.05) is 91.9 Å². The Balaban J connectivity index is 0.000000319. The second-order valence-corrected chi connectivity index (χ2v) is 19.2. The third-order valence-electron chi connectivity index (χ3n) is 8.87. The van der Waals surface area contributed by atoms with E-state index < -0.39 is 25.2 Å². The molecule has 0 fully saturated rings. The number of nitrogens with zero attached hydrogens (tertiary/aromatic N) is 1. The Kier molecular flexibility index (Phi) is 10.1. The topological polar surface area (TPSA) is 50.2 Å². The summed E-state index contributed by atoms with van der Waals surface area (Å²) in [4.78, 5) is 16.1. The van der Waals surface area contributed by atoms with Crippen LogP contribution in [-0.4, -0.2) is 23.9 Å². The van der Waals surface area contributed by atoms with Crippen LogP contribution in [0.4, 0.5) is 13.2 Å². The number of allylic oxidation sites excluding steroid dienone is 2. The maximum Gasteiger partial charge on any atom is 0.416 e. The van der Waals surface area contributed by atoms with E-state index >= 15 is 0 Å². The van der Waals surface area contributed by atoms with E-state index in [2.05, 4.69) is 61.4 Å². The molecule has 1 radical (unpaired) electrons. The summed E-state index contributed by atoms with van der Waals surface area (Å²) in [5.41, 5.74) is 3.65. The Bertz CT molecular complexity index is 2070. The number of rotatable bonds is 2. The maximum atomic E-state index is 13.5. The molecule has 6 rings (SSSR count). The van der Waals surface area contributed by atoms with Crippen molar-refractivity contribution in [1.82, 2.24) is 4.98 Å². The number of carbonyl (C=O) groups excluding carboxylic acids is 1. The van der Waals surface area contributed by atoms with Crippen molar-refractivity contribution in [1.29, 1.82) is 0 Å². The number of ketones is 1. The van der Waals surface area contributed by atoms with E-state index in [9.17, 15) is 23.1 Å². The second kappa shape index (κ2) is 13.0. The molecular formula is C40H41F3IrNO2Si-. The summed E-state index contributed by atoms with van der Waals surface area (Å²) in [5.74, 6) is 0.104. The third-order valence-corrected chi connectivity index (χ3v) is 12.4. The molecule has 8 heteroatoms. The molecule has 1 aromatic heterocycles. The smallest absolute Gasteiger partial charge is 0.416 e. The predicted molar refractivity (Wildman–Crippen MR) is 190 cm³/mol. The molecule has 0 bridgehead atoms. The van der Waals surface area contributed by atoms with E-state index in [0.29, 0.717) is 0 Å². The van der Waals surface area contributed by atoms with Gasteiger partial charge in [-0.05, 0) is 66.9 Å². The molecule has 2 heterocycles. The molecule has 1 aliphatic heterocycles. The van der Waals surface area contributed by atoms with E-state index in [1.807, 2.05) is 65.9 Å². The van der Waals surface area contributed by atoms with Gasteiger partial charge in [0.25, 0.3) is 0 Å². The molecule has 1 N–H and O–H groups in total. The first-order valence-electron chi connectivity index (χ1n) is 15.7. The fourth-order valence-electron chi connectivity index (χ4n) is 6.06. The minimum atomic E-state index is -4.34. The molecular weight excluding hydrogens is 804 g/mol. The second-order valence-electron chi connectivity index (χ2n) is 15.0. The number of aromatic nitrogens is 1. The van der Waals surface area contributed by atoms with Crippen LogP contribution in [0.1, 0.15) is 52.7 Å². The van der Waals surface area contributed by atoms with E-state index in [0.717, 1.165) is 54.7 Å². The predicted octanol–water partition coefficient (Wildman–Crippen LogP) is 10.1. The van der Waals surface area contributed by atoms with Crippen LogP contribution in [0.2, 0.25) is 13.1 Å². The molecule has 0 saturated carbocycles. The van der Waals surface area contributed by atoms with Crippen LogP contribution in [0.25, 0.3) is 43.9 Å². The summed E-state index contributed by atoms with van der Waals surface area (Å²) >= 11 is 0. The standard InChI is InChI=1S/C29H21F3NSi.C11H20O2.Ir/c1-17-5-4-6-18(15-17)27-23-10-12-24-20(21(23)13-14-33-27)9-11-25-22-8-7-19(29(30,31)32)16-26(22)34(2,3)28(24)25;1-10(2,3)8(12)7-9(13)11(4,5)6;/h4-5,7-16H,1-3H3;7,12H,1-6H3;/q-1;;/b;8-7-;. The van der Waals surface area contributed by atoms with Gasteiger partial charge in [-0.25, -0.2) is 0 Å². The Morgan fingerprint density at radius 1 is 0.812 bits per heavy atom. The van der Waals surface area contributed by atoms with Crippen LogP contribution >= 0.6 is 0 Å². The van der Waals surface area contributed by atoms with Crippen LogP contribution in [0.3, 0.4) is 0 Å². The van der Waals surface area contributed by atoms with Crippen LogP contribution in [-0.2, 0) is 31.1 Å². The van der Waals surface area contributed by atoms with Crippen molar-refractivity contribution in [3.63, 3.8) is 0 Å². The first-order valence-corrected chi connectivity index (χ1v) is 18.7. The van der Waals surface area contributed by atoms with Gasteiger partial charge in [0.15, 0.2) is 5.78 Å². The van der Waals surface area contributed by atoms with Crippen LogP contribution in [0, 0.1) is 23.8 Å². The summed E-state index contributed by atoms with van der Waals surface area (Å²) in [6.07, 6.45) is -1.18. The molecule has 0 spiro atoms. The van der Waals surface area contributed by atoms with E-state index in [-0.39, 0.29) is 37.1 Å². The molecule has 0 saturated heterocycles. The Morgan fingerprint density at radius 2 is 1.42 bits per heavy atom. The number of aryl methyl sites for hydroxylation is 1. The number of alkyl halides is 3. The van der Waals surface area contributed by atoms with Gasteiger partial charge in [-0.2, -0.15) is 13.2 Å². The zero-order chi connectivity index (χ0) is 34.7. The number of fused-ring (bicyclic) bond motifs is 7. The van der Waals surface area contributed by atoms with Crippen molar-refractivity contribution in [2.75, 3.05) is 0 Å². The van der Waals surface area contributed by atoms with Gasteiger partial charge in [0.05, 0.1) is 5.56 Å². The third kappa shape index (κ3) is 7.07. The molecule has 253 valence electrons. The van der Waals surface area contributed by atoms with Crippen LogP contribution < -0.4 is 10.4 Å². The number of hydrogen-bond donors (Lipinski definition) is 1. The van der Waals surface area contributed by atoms with Gasteiger partial charge in [0, 0.05) is 43.2 Å². The molecule has 5 aromatic rings. The molecule has 0 aliphatic carbocycles. The fourth-order valence-corrected chi connectivity index (χ4v) is 9.52. The number of benzene rings is 4. The zero-order valence-corrected chi connectivity index (χ0v) is 32.2. The molecule has 4 aromatic carbocycles. The fraction of sp³-hybridized carbons (Fsp3) is 0.300. The molecule has 1 aliphatic rings. The summed E-state index contributed by atoms with van der Waals surface area (Å²) in [6, 6.07) is 24.0. The summed E-state index contributed by atoms with van der Waals surface area (Å²) in [5, 5.41) is 16.0.